The van der Waals surface area contributed by atoms with Crippen LogP contribution in [0.3, 0.4) is 0 Å². The Bertz CT molecular complexity index is 677. The summed E-state index contributed by atoms with van der Waals surface area (Å²) in [5.74, 6) is -0.960. The minimum atomic E-state index is -2.27. The molecule has 0 unspecified atom stereocenters. The van der Waals surface area contributed by atoms with E-state index in [1.165, 1.54) is 0 Å². The highest BCUT2D eigenvalue weighted by Gasteiger charge is 2.42. The normalized spacial score (nSPS) is 14.8. The lowest BCUT2D eigenvalue weighted by atomic mass is 9.99. The molecule has 1 aromatic carbocycles. The van der Waals surface area contributed by atoms with E-state index < -0.39 is 38.1 Å². The number of carbonyl (C=O) groups excluding carboxylic acids is 1. The number of nitrogens with one attached hydrogen (secondary N) is 1. The van der Waals surface area contributed by atoms with Gasteiger partial charge in [0.15, 0.2) is 8.32 Å². The monoisotopic (exact) mass is 423 g/mol. The van der Waals surface area contributed by atoms with Crippen molar-refractivity contribution in [3.8, 4) is 0 Å². The summed E-state index contributed by atoms with van der Waals surface area (Å²) in [6.45, 7) is 15.8. The van der Waals surface area contributed by atoms with Crippen molar-refractivity contribution in [1.82, 2.24) is 5.32 Å². The molecule has 1 amide bonds. The van der Waals surface area contributed by atoms with Crippen molar-refractivity contribution in [2.24, 2.45) is 0 Å². The molecule has 0 spiro atoms. The fraction of sp³-hybridized carbons (Fsp3) is 0.636. The van der Waals surface area contributed by atoms with Crippen LogP contribution in [0, 0.1) is 0 Å². The lowest BCUT2D eigenvalue weighted by Crippen LogP contribution is -2.53. The van der Waals surface area contributed by atoms with Crippen LogP contribution in [-0.2, 0) is 20.4 Å². The van der Waals surface area contributed by atoms with Crippen LogP contribution in [0.5, 0.6) is 0 Å². The van der Waals surface area contributed by atoms with Gasteiger partial charge in [0.2, 0.25) is 0 Å². The van der Waals surface area contributed by atoms with E-state index in [1.807, 2.05) is 30.3 Å². The van der Waals surface area contributed by atoms with Gasteiger partial charge in [0, 0.05) is 0 Å². The van der Waals surface area contributed by atoms with Gasteiger partial charge >= 0.3 is 12.1 Å². The van der Waals surface area contributed by atoms with E-state index in [4.69, 9.17) is 9.16 Å². The molecule has 0 aliphatic rings. The SMILES string of the molecule is CC(C)(C)OC(=O)N[C@@H](Cc1ccccc1)[C@H](CC(=O)O)O[Si](C)(C)C(C)(C)C. The number of ether oxygens (including phenoxy) is 1. The van der Waals surface area contributed by atoms with Crippen molar-refractivity contribution in [3.05, 3.63) is 35.9 Å². The fourth-order valence-corrected chi connectivity index (χ4v) is 3.95. The summed E-state index contributed by atoms with van der Waals surface area (Å²) in [4.78, 5) is 24.1. The van der Waals surface area contributed by atoms with Crippen molar-refractivity contribution < 1.29 is 23.9 Å². The summed E-state index contributed by atoms with van der Waals surface area (Å²) in [7, 11) is -2.27. The Morgan fingerprint density at radius 3 is 2.07 bits per heavy atom. The summed E-state index contributed by atoms with van der Waals surface area (Å²) in [6, 6.07) is 9.13. The summed E-state index contributed by atoms with van der Waals surface area (Å²) in [6.07, 6.45) is -0.985. The molecule has 0 aliphatic carbocycles. The first-order valence-electron chi connectivity index (χ1n) is 10.0. The summed E-state index contributed by atoms with van der Waals surface area (Å²) in [5, 5.41) is 12.3. The summed E-state index contributed by atoms with van der Waals surface area (Å²) >= 11 is 0. The predicted octanol–water partition coefficient (Wildman–Crippen LogP) is 4.99. The Morgan fingerprint density at radius 2 is 1.62 bits per heavy atom. The minimum Gasteiger partial charge on any atom is -0.481 e. The first kappa shape index (κ1) is 25.2. The van der Waals surface area contributed by atoms with Gasteiger partial charge in [0.25, 0.3) is 0 Å². The molecule has 0 aromatic heterocycles. The van der Waals surface area contributed by atoms with Crippen molar-refractivity contribution in [3.63, 3.8) is 0 Å². The molecule has 0 heterocycles. The van der Waals surface area contributed by atoms with Gasteiger partial charge < -0.3 is 19.6 Å². The Labute approximate surface area is 176 Å². The number of hydrogen-bond acceptors (Lipinski definition) is 4. The van der Waals surface area contributed by atoms with E-state index in [-0.39, 0.29) is 11.5 Å². The largest absolute Gasteiger partial charge is 0.481 e. The Balaban J connectivity index is 3.19. The van der Waals surface area contributed by atoms with Crippen molar-refractivity contribution in [2.75, 3.05) is 0 Å². The van der Waals surface area contributed by atoms with Gasteiger partial charge in [-0.1, -0.05) is 51.1 Å². The van der Waals surface area contributed by atoms with Crippen LogP contribution >= 0.6 is 0 Å². The highest BCUT2D eigenvalue weighted by atomic mass is 28.4. The van der Waals surface area contributed by atoms with Gasteiger partial charge in [0.1, 0.15) is 5.60 Å². The molecule has 0 fully saturated rings. The maximum Gasteiger partial charge on any atom is 0.407 e. The first-order chi connectivity index (χ1) is 13.1. The number of amides is 1. The van der Waals surface area contributed by atoms with Gasteiger partial charge in [-0.25, -0.2) is 4.79 Å². The molecule has 7 heteroatoms. The molecular weight excluding hydrogens is 386 g/mol. The van der Waals surface area contributed by atoms with Crippen LogP contribution in [0.2, 0.25) is 18.1 Å². The third-order valence-electron chi connectivity index (χ3n) is 5.08. The van der Waals surface area contributed by atoms with Crippen LogP contribution in [0.1, 0.15) is 53.5 Å². The number of rotatable bonds is 8. The van der Waals surface area contributed by atoms with Crippen molar-refractivity contribution in [2.45, 2.75) is 90.3 Å². The molecule has 0 saturated heterocycles. The average molecular weight is 424 g/mol. The second-order valence-electron chi connectivity index (χ2n) is 9.96. The predicted molar refractivity (Wildman–Crippen MR) is 118 cm³/mol. The molecule has 2 N–H and O–H groups in total. The fourth-order valence-electron chi connectivity index (χ4n) is 2.60. The van der Waals surface area contributed by atoms with Crippen LogP contribution in [0.15, 0.2) is 30.3 Å². The van der Waals surface area contributed by atoms with Crippen molar-refractivity contribution >= 4 is 20.4 Å². The smallest absolute Gasteiger partial charge is 0.407 e. The zero-order valence-corrected chi connectivity index (χ0v) is 20.0. The van der Waals surface area contributed by atoms with E-state index in [1.54, 1.807) is 20.8 Å². The standard InChI is InChI=1S/C22H37NO5Si/c1-21(2,3)27-20(26)23-17(14-16-12-10-9-11-13-16)18(15-19(24)25)28-29(7,8)22(4,5)6/h9-13,17-18H,14-15H2,1-8H3,(H,23,26)(H,24,25)/t17-,18-/m0/s1. The van der Waals surface area contributed by atoms with Gasteiger partial charge in [-0.05, 0) is 50.9 Å². The van der Waals surface area contributed by atoms with E-state index in [0.717, 1.165) is 5.56 Å². The molecule has 6 nitrogen and oxygen atoms in total. The van der Waals surface area contributed by atoms with Gasteiger partial charge in [-0.3, -0.25) is 4.79 Å². The second-order valence-corrected chi connectivity index (χ2v) is 14.7. The third kappa shape index (κ3) is 9.00. The van der Waals surface area contributed by atoms with E-state index in [9.17, 15) is 14.7 Å². The molecule has 2 atom stereocenters. The Hall–Kier alpha value is -1.86. The topological polar surface area (TPSA) is 84.9 Å². The molecular formula is C22H37NO5Si. The molecule has 1 rings (SSSR count). The van der Waals surface area contributed by atoms with E-state index >= 15 is 0 Å². The third-order valence-corrected chi connectivity index (χ3v) is 9.58. The van der Waals surface area contributed by atoms with Gasteiger partial charge in [-0.2, -0.15) is 0 Å². The maximum atomic E-state index is 12.5. The number of carboxylic acid groups (broad SMARTS) is 1. The summed E-state index contributed by atoms with van der Waals surface area (Å²) < 4.78 is 11.9. The number of benzene rings is 1. The second kappa shape index (κ2) is 9.76. The molecule has 0 saturated carbocycles. The Kier molecular flexibility index (Phi) is 8.47. The first-order valence-corrected chi connectivity index (χ1v) is 12.9. The molecule has 0 bridgehead atoms. The van der Waals surface area contributed by atoms with Crippen molar-refractivity contribution in [1.29, 1.82) is 0 Å². The van der Waals surface area contributed by atoms with Crippen LogP contribution in [0.25, 0.3) is 0 Å². The molecule has 0 aliphatic heterocycles. The Morgan fingerprint density at radius 1 is 1.07 bits per heavy atom. The maximum absolute atomic E-state index is 12.5. The molecule has 1 aromatic rings. The highest BCUT2D eigenvalue weighted by molar-refractivity contribution is 6.74. The highest BCUT2D eigenvalue weighted by Crippen LogP contribution is 2.38. The average Bonchev–Trinajstić information content (AvgIpc) is 2.51. The lowest BCUT2D eigenvalue weighted by Gasteiger charge is -2.41. The van der Waals surface area contributed by atoms with E-state index in [0.29, 0.717) is 6.42 Å². The van der Waals surface area contributed by atoms with Gasteiger partial charge in [0.05, 0.1) is 18.6 Å². The zero-order chi connectivity index (χ0) is 22.5. The number of hydrogen-bond donors (Lipinski definition) is 2. The quantitative estimate of drug-likeness (QED) is 0.576. The van der Waals surface area contributed by atoms with E-state index in [2.05, 4.69) is 39.2 Å². The van der Waals surface area contributed by atoms with Gasteiger partial charge in [-0.15, -0.1) is 0 Å². The molecule has 0 radical (unpaired) electrons. The van der Waals surface area contributed by atoms with Crippen LogP contribution in [-0.4, -0.2) is 43.2 Å². The molecule has 29 heavy (non-hydrogen) atoms. The van der Waals surface area contributed by atoms with Crippen LogP contribution in [0.4, 0.5) is 4.79 Å². The van der Waals surface area contributed by atoms with Crippen LogP contribution < -0.4 is 5.32 Å². The zero-order valence-electron chi connectivity index (χ0n) is 19.0. The number of carboxylic acids is 1. The minimum absolute atomic E-state index is 0.0903. The number of aliphatic carboxylic acids is 1. The number of carbonyl (C=O) groups is 2. The summed E-state index contributed by atoms with van der Waals surface area (Å²) in [5.41, 5.74) is 0.340. The lowest BCUT2D eigenvalue weighted by molar-refractivity contribution is -0.139. The molecule has 164 valence electrons. The number of alkyl carbamates (subject to hydrolysis) is 1.